The summed E-state index contributed by atoms with van der Waals surface area (Å²) in [6.07, 6.45) is 4.26. The fraction of sp³-hybridized carbons (Fsp3) is 0.909. The Kier molecular flexibility index (Phi) is 3.93. The van der Waals surface area contributed by atoms with Gasteiger partial charge in [0.1, 0.15) is 0 Å². The molecule has 0 aromatic heterocycles. The average molecular weight is 277 g/mol. The molecule has 6 nitrogen and oxygen atoms in total. The standard InChI is InChI=1S/C11H19NO5S/c13-10(14)11(6-7-17-8-11)12-18(15,16)9-4-2-1-3-5-9/h9,12H,1-8H2,(H,13,14). The largest absolute Gasteiger partial charge is 0.480 e. The molecule has 1 saturated carbocycles. The van der Waals surface area contributed by atoms with Crippen molar-refractivity contribution in [1.82, 2.24) is 4.72 Å². The number of sulfonamides is 1. The summed E-state index contributed by atoms with van der Waals surface area (Å²) in [5.41, 5.74) is -1.46. The van der Waals surface area contributed by atoms with Crippen LogP contribution in [-0.2, 0) is 19.6 Å². The predicted octanol–water partition coefficient (Wildman–Crippen LogP) is 0.482. The number of hydrogen-bond donors (Lipinski definition) is 2. The van der Waals surface area contributed by atoms with Gasteiger partial charge in [0, 0.05) is 13.0 Å². The highest BCUT2D eigenvalue weighted by atomic mass is 32.2. The lowest BCUT2D eigenvalue weighted by molar-refractivity contribution is -0.144. The molecule has 0 bridgehead atoms. The first-order valence-electron chi connectivity index (χ1n) is 6.30. The fourth-order valence-electron chi connectivity index (χ4n) is 2.59. The van der Waals surface area contributed by atoms with Gasteiger partial charge in [-0.2, -0.15) is 4.72 Å². The van der Waals surface area contributed by atoms with E-state index in [1.807, 2.05) is 0 Å². The van der Waals surface area contributed by atoms with Gasteiger partial charge in [-0.15, -0.1) is 0 Å². The van der Waals surface area contributed by atoms with Gasteiger partial charge in [-0.05, 0) is 12.8 Å². The zero-order chi connectivity index (χ0) is 13.2. The van der Waals surface area contributed by atoms with Crippen LogP contribution in [0.15, 0.2) is 0 Å². The van der Waals surface area contributed by atoms with Gasteiger partial charge in [-0.25, -0.2) is 8.42 Å². The molecule has 2 fully saturated rings. The van der Waals surface area contributed by atoms with Gasteiger partial charge in [0.25, 0.3) is 0 Å². The van der Waals surface area contributed by atoms with E-state index in [2.05, 4.69) is 4.72 Å². The van der Waals surface area contributed by atoms with E-state index in [1.54, 1.807) is 0 Å². The van der Waals surface area contributed by atoms with Crippen molar-refractivity contribution in [2.75, 3.05) is 13.2 Å². The first-order chi connectivity index (χ1) is 8.46. The van der Waals surface area contributed by atoms with E-state index in [9.17, 15) is 18.3 Å². The smallest absolute Gasteiger partial charge is 0.327 e. The van der Waals surface area contributed by atoms with E-state index in [0.29, 0.717) is 12.8 Å². The van der Waals surface area contributed by atoms with Gasteiger partial charge in [0.15, 0.2) is 5.54 Å². The van der Waals surface area contributed by atoms with Gasteiger partial charge in [0.2, 0.25) is 10.0 Å². The van der Waals surface area contributed by atoms with Crippen LogP contribution in [0.4, 0.5) is 0 Å². The van der Waals surface area contributed by atoms with Crippen molar-refractivity contribution in [3.8, 4) is 0 Å². The maximum atomic E-state index is 12.2. The molecule has 18 heavy (non-hydrogen) atoms. The Morgan fingerprint density at radius 2 is 1.94 bits per heavy atom. The number of carboxylic acids is 1. The van der Waals surface area contributed by atoms with Gasteiger partial charge >= 0.3 is 5.97 Å². The second kappa shape index (κ2) is 5.14. The lowest BCUT2D eigenvalue weighted by Crippen LogP contribution is -2.57. The van der Waals surface area contributed by atoms with E-state index in [1.165, 1.54) is 0 Å². The minimum atomic E-state index is -3.58. The number of carbonyl (C=O) groups is 1. The molecule has 0 aromatic carbocycles. The Morgan fingerprint density at radius 3 is 2.44 bits per heavy atom. The lowest BCUT2D eigenvalue weighted by Gasteiger charge is -2.28. The van der Waals surface area contributed by atoms with E-state index in [-0.39, 0.29) is 19.6 Å². The van der Waals surface area contributed by atoms with Crippen molar-refractivity contribution >= 4 is 16.0 Å². The molecule has 104 valence electrons. The van der Waals surface area contributed by atoms with Crippen LogP contribution >= 0.6 is 0 Å². The second-order valence-corrected chi connectivity index (χ2v) is 7.06. The van der Waals surface area contributed by atoms with Crippen LogP contribution in [0.2, 0.25) is 0 Å². The summed E-state index contributed by atoms with van der Waals surface area (Å²) in [6.45, 7) is 0.188. The molecule has 2 N–H and O–H groups in total. The number of ether oxygens (including phenoxy) is 1. The fourth-order valence-corrected chi connectivity index (χ4v) is 4.50. The number of hydrogen-bond acceptors (Lipinski definition) is 4. The van der Waals surface area contributed by atoms with Crippen LogP contribution in [0.25, 0.3) is 0 Å². The molecular weight excluding hydrogens is 258 g/mol. The van der Waals surface area contributed by atoms with Crippen LogP contribution in [0.1, 0.15) is 38.5 Å². The van der Waals surface area contributed by atoms with Crippen LogP contribution in [0, 0.1) is 0 Å². The monoisotopic (exact) mass is 277 g/mol. The first-order valence-corrected chi connectivity index (χ1v) is 7.85. The molecule has 1 atom stereocenters. The van der Waals surface area contributed by atoms with Crippen molar-refractivity contribution in [2.45, 2.75) is 49.3 Å². The molecule has 1 aliphatic heterocycles. The molecule has 0 amide bonds. The molecule has 1 unspecified atom stereocenters. The summed E-state index contributed by atoms with van der Waals surface area (Å²) in [5, 5.41) is 8.76. The normalized spacial score (nSPS) is 30.4. The Bertz CT molecular complexity index is 407. The third kappa shape index (κ3) is 2.67. The zero-order valence-electron chi connectivity index (χ0n) is 10.2. The number of aliphatic carboxylic acids is 1. The number of rotatable bonds is 4. The molecule has 1 heterocycles. The Labute approximate surface area is 107 Å². The van der Waals surface area contributed by atoms with Gasteiger partial charge in [-0.1, -0.05) is 19.3 Å². The molecule has 0 aromatic rings. The van der Waals surface area contributed by atoms with Crippen LogP contribution in [-0.4, -0.2) is 43.5 Å². The Hall–Kier alpha value is -0.660. The van der Waals surface area contributed by atoms with E-state index in [0.717, 1.165) is 19.3 Å². The molecular formula is C11H19NO5S. The van der Waals surface area contributed by atoms with Crippen LogP contribution < -0.4 is 4.72 Å². The van der Waals surface area contributed by atoms with Crippen molar-refractivity contribution in [3.63, 3.8) is 0 Å². The van der Waals surface area contributed by atoms with Crippen molar-refractivity contribution in [3.05, 3.63) is 0 Å². The molecule has 0 spiro atoms. The predicted molar refractivity (Wildman–Crippen MR) is 64.7 cm³/mol. The number of carboxylic acid groups (broad SMARTS) is 1. The van der Waals surface area contributed by atoms with E-state index in [4.69, 9.17) is 4.74 Å². The summed E-state index contributed by atoms with van der Waals surface area (Å²) in [7, 11) is -3.58. The Balaban J connectivity index is 2.12. The van der Waals surface area contributed by atoms with Crippen LogP contribution in [0.5, 0.6) is 0 Å². The van der Waals surface area contributed by atoms with Crippen molar-refractivity contribution in [1.29, 1.82) is 0 Å². The summed E-state index contributed by atoms with van der Waals surface area (Å²) in [5.74, 6) is -1.15. The average Bonchev–Trinajstić information content (AvgIpc) is 2.79. The van der Waals surface area contributed by atoms with E-state index < -0.39 is 26.8 Å². The third-order valence-corrected chi connectivity index (χ3v) is 5.78. The summed E-state index contributed by atoms with van der Waals surface area (Å²) >= 11 is 0. The topological polar surface area (TPSA) is 92.7 Å². The van der Waals surface area contributed by atoms with Crippen molar-refractivity contribution < 1.29 is 23.1 Å². The van der Waals surface area contributed by atoms with Gasteiger partial charge < -0.3 is 9.84 Å². The maximum absolute atomic E-state index is 12.2. The summed E-state index contributed by atoms with van der Waals surface area (Å²) in [6, 6.07) is 0. The third-order valence-electron chi connectivity index (χ3n) is 3.76. The Morgan fingerprint density at radius 1 is 1.28 bits per heavy atom. The minimum Gasteiger partial charge on any atom is -0.480 e. The number of nitrogens with one attached hydrogen (secondary N) is 1. The maximum Gasteiger partial charge on any atom is 0.327 e. The highest BCUT2D eigenvalue weighted by Gasteiger charge is 2.47. The molecule has 2 aliphatic rings. The molecule has 1 saturated heterocycles. The van der Waals surface area contributed by atoms with Gasteiger partial charge in [0.05, 0.1) is 11.9 Å². The molecule has 0 radical (unpaired) electrons. The SMILES string of the molecule is O=C(O)C1(NS(=O)(=O)C2CCCCC2)CCOC1. The van der Waals surface area contributed by atoms with Gasteiger partial charge in [-0.3, -0.25) is 4.79 Å². The summed E-state index contributed by atoms with van der Waals surface area (Å²) in [4.78, 5) is 11.3. The van der Waals surface area contributed by atoms with E-state index >= 15 is 0 Å². The minimum absolute atomic E-state index is 0.0890. The summed E-state index contributed by atoms with van der Waals surface area (Å²) < 4.78 is 31.9. The highest BCUT2D eigenvalue weighted by Crippen LogP contribution is 2.27. The van der Waals surface area contributed by atoms with Crippen molar-refractivity contribution in [2.24, 2.45) is 0 Å². The molecule has 7 heteroatoms. The lowest BCUT2D eigenvalue weighted by atomic mass is 10.0. The second-order valence-electron chi connectivity index (χ2n) is 5.10. The highest BCUT2D eigenvalue weighted by molar-refractivity contribution is 7.90. The molecule has 1 aliphatic carbocycles. The molecule has 2 rings (SSSR count). The zero-order valence-corrected chi connectivity index (χ0v) is 11.0. The first kappa shape index (κ1) is 13.8. The quantitative estimate of drug-likeness (QED) is 0.779. The van der Waals surface area contributed by atoms with Crippen LogP contribution in [0.3, 0.4) is 0 Å².